The van der Waals surface area contributed by atoms with Crippen molar-refractivity contribution in [3.05, 3.63) is 39.7 Å². The summed E-state index contributed by atoms with van der Waals surface area (Å²) in [7, 11) is 3.41. The number of hydrogen-bond donors (Lipinski definition) is 1. The summed E-state index contributed by atoms with van der Waals surface area (Å²) in [6.07, 6.45) is 1.15. The standard InChI is InChI=1S/C22H29N3O4S/c1-6-9-30-22-24-21(27)19-15(11-18(26)23-20(19)25(22)4)14-7-8-16(17(10-14)28-5)29-12-13(2)3/h7-8,10,13,15H,6,9,11-12H2,1-5H3,(H,23,26)/t15-/m0/s1. The average Bonchev–Trinajstić information content (AvgIpc) is 2.72. The number of amides is 1. The lowest BCUT2D eigenvalue weighted by molar-refractivity contribution is -0.116. The number of hydrogen-bond acceptors (Lipinski definition) is 6. The van der Waals surface area contributed by atoms with Crippen molar-refractivity contribution in [2.24, 2.45) is 13.0 Å². The highest BCUT2D eigenvalue weighted by Crippen LogP contribution is 2.39. The fraction of sp³-hybridized carbons (Fsp3) is 0.500. The molecule has 1 N–H and O–H groups in total. The van der Waals surface area contributed by atoms with E-state index in [-0.39, 0.29) is 17.9 Å². The van der Waals surface area contributed by atoms with Crippen LogP contribution < -0.4 is 20.3 Å². The molecule has 8 heteroatoms. The summed E-state index contributed by atoms with van der Waals surface area (Å²) < 4.78 is 13.2. The molecular formula is C22H29N3O4S. The number of nitrogens with one attached hydrogen (secondary N) is 1. The zero-order valence-electron chi connectivity index (χ0n) is 18.2. The van der Waals surface area contributed by atoms with Crippen LogP contribution in [0.3, 0.4) is 0 Å². The summed E-state index contributed by atoms with van der Waals surface area (Å²) in [5.41, 5.74) is 1.04. The van der Waals surface area contributed by atoms with Crippen LogP contribution in [-0.2, 0) is 11.8 Å². The van der Waals surface area contributed by atoms with Crippen molar-refractivity contribution in [2.75, 3.05) is 24.8 Å². The molecule has 0 unspecified atom stereocenters. The second kappa shape index (κ2) is 9.55. The van der Waals surface area contributed by atoms with Crippen LogP contribution >= 0.6 is 11.8 Å². The van der Waals surface area contributed by atoms with E-state index in [1.165, 1.54) is 11.8 Å². The smallest absolute Gasteiger partial charge is 0.279 e. The lowest BCUT2D eigenvalue weighted by Crippen LogP contribution is -2.33. The van der Waals surface area contributed by atoms with Crippen LogP contribution in [0.25, 0.3) is 0 Å². The molecule has 1 aliphatic rings. The van der Waals surface area contributed by atoms with Gasteiger partial charge in [0.15, 0.2) is 16.7 Å². The maximum absolute atomic E-state index is 12.9. The number of aromatic nitrogens is 2. The van der Waals surface area contributed by atoms with E-state index >= 15 is 0 Å². The molecule has 7 nitrogen and oxygen atoms in total. The largest absolute Gasteiger partial charge is 0.493 e. The molecule has 1 aromatic carbocycles. The highest BCUT2D eigenvalue weighted by molar-refractivity contribution is 7.99. The Morgan fingerprint density at radius 1 is 1.30 bits per heavy atom. The topological polar surface area (TPSA) is 82.5 Å². The van der Waals surface area contributed by atoms with Crippen LogP contribution in [0.2, 0.25) is 0 Å². The minimum atomic E-state index is -0.391. The number of carbonyl (C=O) groups excluding carboxylic acids is 1. The number of fused-ring (bicyclic) bond motifs is 1. The Labute approximate surface area is 181 Å². The number of benzene rings is 1. The van der Waals surface area contributed by atoms with Gasteiger partial charge in [0, 0.05) is 25.1 Å². The van der Waals surface area contributed by atoms with Gasteiger partial charge in [0.1, 0.15) is 5.82 Å². The maximum Gasteiger partial charge on any atom is 0.279 e. The first-order valence-electron chi connectivity index (χ1n) is 10.2. The predicted octanol–water partition coefficient (Wildman–Crippen LogP) is 3.80. The van der Waals surface area contributed by atoms with Gasteiger partial charge in [-0.15, -0.1) is 0 Å². The molecule has 0 bridgehead atoms. The van der Waals surface area contributed by atoms with E-state index in [9.17, 15) is 9.59 Å². The minimum Gasteiger partial charge on any atom is -0.493 e. The normalized spacial score (nSPS) is 15.7. The molecule has 2 heterocycles. The second-order valence-electron chi connectivity index (χ2n) is 7.79. The number of anilines is 1. The number of carbonyl (C=O) groups is 1. The third kappa shape index (κ3) is 4.64. The summed E-state index contributed by atoms with van der Waals surface area (Å²) in [6, 6.07) is 5.58. The van der Waals surface area contributed by atoms with Gasteiger partial charge in [0.25, 0.3) is 5.56 Å². The van der Waals surface area contributed by atoms with Crippen LogP contribution in [0.1, 0.15) is 50.7 Å². The first-order chi connectivity index (χ1) is 14.3. The van der Waals surface area contributed by atoms with E-state index in [0.717, 1.165) is 17.7 Å². The third-order valence-corrected chi connectivity index (χ3v) is 6.13. The van der Waals surface area contributed by atoms with Crippen LogP contribution in [0, 0.1) is 5.92 Å². The molecule has 0 saturated heterocycles. The summed E-state index contributed by atoms with van der Waals surface area (Å²) in [5.74, 6) is 2.47. The molecular weight excluding hydrogens is 402 g/mol. The Hall–Kier alpha value is -2.48. The van der Waals surface area contributed by atoms with Gasteiger partial charge in [-0.2, -0.15) is 4.98 Å². The summed E-state index contributed by atoms with van der Waals surface area (Å²) in [4.78, 5) is 29.7. The summed E-state index contributed by atoms with van der Waals surface area (Å²) in [5, 5.41) is 3.48. The van der Waals surface area contributed by atoms with Gasteiger partial charge in [0.05, 0.1) is 19.3 Å². The minimum absolute atomic E-state index is 0.126. The number of thioether (sulfide) groups is 1. The molecule has 30 heavy (non-hydrogen) atoms. The van der Waals surface area contributed by atoms with Crippen LogP contribution in [0.5, 0.6) is 11.5 Å². The number of methoxy groups -OCH3 is 1. The maximum atomic E-state index is 12.9. The summed E-state index contributed by atoms with van der Waals surface area (Å²) in [6.45, 7) is 6.80. The third-order valence-electron chi connectivity index (χ3n) is 4.90. The number of ether oxygens (including phenoxy) is 2. The van der Waals surface area contributed by atoms with Gasteiger partial charge < -0.3 is 19.4 Å². The van der Waals surface area contributed by atoms with Crippen LogP contribution in [0.15, 0.2) is 28.2 Å². The van der Waals surface area contributed by atoms with Crippen molar-refractivity contribution in [2.45, 2.75) is 44.7 Å². The highest BCUT2D eigenvalue weighted by atomic mass is 32.2. The summed E-state index contributed by atoms with van der Waals surface area (Å²) >= 11 is 1.51. The van der Waals surface area contributed by atoms with Crippen molar-refractivity contribution >= 4 is 23.5 Å². The first-order valence-corrected chi connectivity index (χ1v) is 11.2. The van der Waals surface area contributed by atoms with E-state index in [1.54, 1.807) is 11.7 Å². The molecule has 1 aliphatic heterocycles. The lowest BCUT2D eigenvalue weighted by atomic mass is 9.86. The van der Waals surface area contributed by atoms with Crippen molar-refractivity contribution in [3.8, 4) is 11.5 Å². The van der Waals surface area contributed by atoms with Gasteiger partial charge in [-0.25, -0.2) is 0 Å². The Morgan fingerprint density at radius 2 is 2.07 bits per heavy atom. The zero-order valence-corrected chi connectivity index (χ0v) is 19.0. The quantitative estimate of drug-likeness (QED) is 0.506. The van der Waals surface area contributed by atoms with Crippen LogP contribution in [-0.4, -0.2) is 34.9 Å². The SMILES string of the molecule is CCCSc1nc(=O)c2c(n1C)NC(=O)C[C@H]2c1ccc(OCC(C)C)c(OC)c1. The first kappa shape index (κ1) is 22.2. The van der Waals surface area contributed by atoms with Gasteiger partial charge in [-0.3, -0.25) is 9.59 Å². The molecule has 2 aromatic rings. The molecule has 162 valence electrons. The van der Waals surface area contributed by atoms with Crippen molar-refractivity contribution in [1.82, 2.24) is 9.55 Å². The second-order valence-corrected chi connectivity index (χ2v) is 8.85. The van der Waals surface area contributed by atoms with E-state index in [0.29, 0.717) is 40.6 Å². The Bertz CT molecular complexity index is 987. The molecule has 0 saturated carbocycles. The molecule has 1 aromatic heterocycles. The van der Waals surface area contributed by atoms with Crippen molar-refractivity contribution < 1.29 is 14.3 Å². The predicted molar refractivity (Wildman–Crippen MR) is 119 cm³/mol. The fourth-order valence-corrected chi connectivity index (χ4v) is 4.24. The van der Waals surface area contributed by atoms with Gasteiger partial charge >= 0.3 is 0 Å². The Balaban J connectivity index is 2.03. The van der Waals surface area contributed by atoms with Gasteiger partial charge in [-0.05, 0) is 30.0 Å². The fourth-order valence-electron chi connectivity index (χ4n) is 3.42. The highest BCUT2D eigenvalue weighted by Gasteiger charge is 2.32. The van der Waals surface area contributed by atoms with E-state index in [2.05, 4.69) is 31.1 Å². The molecule has 0 radical (unpaired) electrons. The molecule has 1 amide bonds. The molecule has 1 atom stereocenters. The Morgan fingerprint density at radius 3 is 2.73 bits per heavy atom. The lowest BCUT2D eigenvalue weighted by Gasteiger charge is -2.28. The van der Waals surface area contributed by atoms with E-state index in [4.69, 9.17) is 9.47 Å². The zero-order chi connectivity index (χ0) is 21.8. The number of nitrogens with zero attached hydrogens (tertiary/aromatic N) is 2. The van der Waals surface area contributed by atoms with Crippen molar-refractivity contribution in [3.63, 3.8) is 0 Å². The monoisotopic (exact) mass is 431 g/mol. The average molecular weight is 432 g/mol. The molecule has 0 aliphatic carbocycles. The van der Waals surface area contributed by atoms with Gasteiger partial charge in [-0.1, -0.05) is 38.6 Å². The molecule has 0 spiro atoms. The van der Waals surface area contributed by atoms with E-state index < -0.39 is 5.92 Å². The van der Waals surface area contributed by atoms with Crippen LogP contribution in [0.4, 0.5) is 5.82 Å². The molecule has 3 rings (SSSR count). The number of rotatable bonds is 8. The van der Waals surface area contributed by atoms with E-state index in [1.807, 2.05) is 25.2 Å². The van der Waals surface area contributed by atoms with Crippen molar-refractivity contribution in [1.29, 1.82) is 0 Å². The van der Waals surface area contributed by atoms with Gasteiger partial charge in [0.2, 0.25) is 5.91 Å². The molecule has 0 fully saturated rings. The Kier molecular flexibility index (Phi) is 7.07.